The van der Waals surface area contributed by atoms with Crippen LogP contribution >= 0.6 is 0 Å². The third-order valence-electron chi connectivity index (χ3n) is 13.2. The molecule has 5 heteroatoms. The van der Waals surface area contributed by atoms with E-state index in [-0.39, 0.29) is 57.5 Å². The second kappa shape index (κ2) is 10.6. The first-order chi connectivity index (χ1) is 20.8. The van der Waals surface area contributed by atoms with E-state index in [1.54, 1.807) is 0 Å². The van der Waals surface area contributed by atoms with Gasteiger partial charge >= 0.3 is 0 Å². The fourth-order valence-electron chi connectivity index (χ4n) is 11.5. The number of hydrogen-bond donors (Lipinski definition) is 4. The van der Waals surface area contributed by atoms with Gasteiger partial charge in [0.2, 0.25) is 0 Å². The van der Waals surface area contributed by atoms with Crippen molar-refractivity contribution in [2.75, 3.05) is 0 Å². The van der Waals surface area contributed by atoms with Crippen LogP contribution in [-0.4, -0.2) is 32.6 Å². The third kappa shape index (κ3) is 4.76. The summed E-state index contributed by atoms with van der Waals surface area (Å²) >= 11 is 0. The van der Waals surface area contributed by atoms with Crippen molar-refractivity contribution >= 4 is 0 Å². The fraction of sp³-hybridized carbons (Fsp3) is 0.700. The molecule has 0 saturated heterocycles. The molecule has 0 bridgehead atoms. The Morgan fingerprint density at radius 3 is 1.89 bits per heavy atom. The average Bonchev–Trinajstić information content (AvgIpc) is 2.91. The highest BCUT2D eigenvalue weighted by atomic mass is 16.5. The summed E-state index contributed by atoms with van der Waals surface area (Å²) in [5.74, 6) is 0.652. The van der Waals surface area contributed by atoms with Crippen LogP contribution in [0, 0.1) is 22.7 Å². The van der Waals surface area contributed by atoms with Gasteiger partial charge in [0.1, 0.15) is 11.9 Å². The predicted octanol–water partition coefficient (Wildman–Crippen LogP) is 9.28. The Morgan fingerprint density at radius 1 is 0.711 bits per heavy atom. The summed E-state index contributed by atoms with van der Waals surface area (Å²) in [5.41, 5.74) is 4.93. The molecule has 7 atom stereocenters. The largest absolute Gasteiger partial charge is 0.508 e. The number of aliphatic hydroxyl groups excluding tert-OH is 1. The van der Waals surface area contributed by atoms with Crippen LogP contribution in [0.15, 0.2) is 18.2 Å². The van der Waals surface area contributed by atoms with Crippen LogP contribution in [0.25, 0.3) is 0 Å². The molecule has 2 aromatic carbocycles. The number of aromatic hydroxyl groups is 3. The molecule has 0 amide bonds. The first-order valence-electron chi connectivity index (χ1n) is 17.6. The maximum absolute atomic E-state index is 12.6. The number of fused-ring (bicyclic) bond motifs is 6. The number of benzene rings is 2. The molecule has 2 aromatic rings. The fourth-order valence-corrected chi connectivity index (χ4v) is 11.5. The van der Waals surface area contributed by atoms with Crippen molar-refractivity contribution in [3.05, 3.63) is 51.6 Å². The van der Waals surface area contributed by atoms with Gasteiger partial charge < -0.3 is 25.2 Å². The third-order valence-corrected chi connectivity index (χ3v) is 13.2. The normalized spacial score (nSPS) is 35.0. The average molecular weight is 619 g/mol. The predicted molar refractivity (Wildman–Crippen MR) is 180 cm³/mol. The van der Waals surface area contributed by atoms with Crippen LogP contribution in [0.2, 0.25) is 0 Å². The van der Waals surface area contributed by atoms with E-state index in [0.29, 0.717) is 12.2 Å². The maximum atomic E-state index is 12.6. The van der Waals surface area contributed by atoms with Crippen molar-refractivity contribution in [1.29, 1.82) is 0 Å². The number of phenolic OH excluding ortho intramolecular Hbond substituents is 3. The van der Waals surface area contributed by atoms with E-state index in [9.17, 15) is 20.4 Å². The molecule has 4 aliphatic carbocycles. The van der Waals surface area contributed by atoms with Gasteiger partial charge in [-0.3, -0.25) is 0 Å². The van der Waals surface area contributed by atoms with Crippen molar-refractivity contribution in [3.8, 4) is 17.2 Å². The van der Waals surface area contributed by atoms with E-state index < -0.39 is 17.6 Å². The van der Waals surface area contributed by atoms with Gasteiger partial charge in [-0.15, -0.1) is 0 Å². The van der Waals surface area contributed by atoms with Crippen molar-refractivity contribution in [3.63, 3.8) is 0 Å². The second-order valence-electron chi connectivity index (χ2n) is 17.8. The number of aliphatic hydroxyl groups is 1. The number of hydrogen-bond acceptors (Lipinski definition) is 5. The van der Waals surface area contributed by atoms with E-state index in [4.69, 9.17) is 4.74 Å². The first-order valence-corrected chi connectivity index (χ1v) is 17.6. The Labute approximate surface area is 271 Å². The van der Waals surface area contributed by atoms with Gasteiger partial charge in [0, 0.05) is 28.4 Å². The molecular formula is C40H58O5. The topological polar surface area (TPSA) is 90.2 Å². The van der Waals surface area contributed by atoms with Crippen molar-refractivity contribution < 1.29 is 25.2 Å². The zero-order valence-electron chi connectivity index (χ0n) is 29.4. The summed E-state index contributed by atoms with van der Waals surface area (Å²) in [6.45, 7) is 22.1. The van der Waals surface area contributed by atoms with Crippen LogP contribution in [0.5, 0.6) is 17.2 Å². The molecule has 0 aromatic heterocycles. The van der Waals surface area contributed by atoms with Crippen molar-refractivity contribution in [1.82, 2.24) is 0 Å². The van der Waals surface area contributed by atoms with E-state index >= 15 is 0 Å². The minimum Gasteiger partial charge on any atom is -0.508 e. The van der Waals surface area contributed by atoms with Gasteiger partial charge in [0.05, 0.1) is 12.2 Å². The second-order valence-corrected chi connectivity index (χ2v) is 17.8. The number of rotatable bonds is 4. The van der Waals surface area contributed by atoms with Gasteiger partial charge in [-0.2, -0.15) is 0 Å². The summed E-state index contributed by atoms with van der Waals surface area (Å²) < 4.78 is 7.45. The monoisotopic (exact) mass is 618 g/mol. The summed E-state index contributed by atoms with van der Waals surface area (Å²) in [4.78, 5) is 0. The molecule has 0 heterocycles. The SMILES string of the molecule is CC(C)c1cc2c(cc1O)C1(C)CCCC(C)(C)[C@@H]1[C@@H](O)C2O[C@H]1Cc2cc(C(C)C)c(O)c(O)c2C2(C)CCCC(C)(C)C12. The lowest BCUT2D eigenvalue weighted by Crippen LogP contribution is -2.59. The van der Waals surface area contributed by atoms with Gasteiger partial charge in [0.15, 0.2) is 11.5 Å². The molecule has 45 heavy (non-hydrogen) atoms. The molecule has 248 valence electrons. The number of phenols is 3. The lowest BCUT2D eigenvalue weighted by atomic mass is 9.48. The molecule has 6 rings (SSSR count). The maximum Gasteiger partial charge on any atom is 0.161 e. The van der Waals surface area contributed by atoms with Crippen molar-refractivity contribution in [2.24, 2.45) is 22.7 Å². The lowest BCUT2D eigenvalue weighted by molar-refractivity contribution is -0.183. The molecule has 0 radical (unpaired) electrons. The van der Waals surface area contributed by atoms with Gasteiger partial charge in [0.25, 0.3) is 0 Å². The quantitative estimate of drug-likeness (QED) is 0.257. The van der Waals surface area contributed by atoms with E-state index in [1.807, 2.05) is 19.9 Å². The van der Waals surface area contributed by atoms with Gasteiger partial charge in [-0.25, -0.2) is 0 Å². The standard InChI is InChI=1S/C40H58O5/c1-21(2)24-19-26-27(20-28(24)41)39(9)15-11-14-38(7,8)36(39)33(44)34(26)45-29-18-23-17-25(22(3)4)31(42)32(43)30(23)40(10)16-12-13-37(5,6)35(29)40/h17,19-22,29,33-36,41-44H,11-16,18H2,1-10H3/t29-,33-,34?,35?,36-,39?,40?/m0/s1. The van der Waals surface area contributed by atoms with Crippen LogP contribution in [0.4, 0.5) is 0 Å². The summed E-state index contributed by atoms with van der Waals surface area (Å²) in [7, 11) is 0. The lowest BCUT2D eigenvalue weighted by Gasteiger charge is -2.60. The van der Waals surface area contributed by atoms with E-state index in [0.717, 1.165) is 71.9 Å². The Bertz CT molecular complexity index is 1490. The molecule has 4 N–H and O–H groups in total. The molecule has 5 nitrogen and oxygen atoms in total. The van der Waals surface area contributed by atoms with E-state index in [2.05, 4.69) is 67.5 Å². The molecule has 0 spiro atoms. The molecular weight excluding hydrogens is 560 g/mol. The smallest absolute Gasteiger partial charge is 0.161 e. The minimum absolute atomic E-state index is 0.0166. The Balaban J connectivity index is 1.54. The van der Waals surface area contributed by atoms with Crippen LogP contribution < -0.4 is 0 Å². The zero-order chi connectivity index (χ0) is 33.0. The highest BCUT2D eigenvalue weighted by Crippen LogP contribution is 2.64. The molecule has 0 aliphatic heterocycles. The Morgan fingerprint density at radius 2 is 1.29 bits per heavy atom. The van der Waals surface area contributed by atoms with Crippen LogP contribution in [0.1, 0.15) is 159 Å². The van der Waals surface area contributed by atoms with E-state index in [1.165, 1.54) is 0 Å². The van der Waals surface area contributed by atoms with Crippen LogP contribution in [-0.2, 0) is 22.0 Å². The Hall–Kier alpha value is -2.24. The highest BCUT2D eigenvalue weighted by molar-refractivity contribution is 5.60. The van der Waals surface area contributed by atoms with Gasteiger partial charge in [-0.05, 0) is 94.6 Å². The number of ether oxygens (including phenoxy) is 1. The molecule has 2 fully saturated rings. The van der Waals surface area contributed by atoms with Crippen LogP contribution in [0.3, 0.4) is 0 Å². The summed E-state index contributed by atoms with van der Waals surface area (Å²) in [6.07, 6.45) is 5.32. The summed E-state index contributed by atoms with van der Waals surface area (Å²) in [6, 6.07) is 6.24. The molecule has 4 unspecified atom stereocenters. The molecule has 2 saturated carbocycles. The zero-order valence-corrected chi connectivity index (χ0v) is 29.4. The van der Waals surface area contributed by atoms with Gasteiger partial charge in [-0.1, -0.05) is 88.1 Å². The minimum atomic E-state index is -0.693. The van der Waals surface area contributed by atoms with Crippen molar-refractivity contribution in [2.45, 2.75) is 155 Å². The Kier molecular flexibility index (Phi) is 7.73. The first kappa shape index (κ1) is 32.7. The summed E-state index contributed by atoms with van der Waals surface area (Å²) in [5, 5.41) is 46.6. The molecule has 4 aliphatic rings. The highest BCUT2D eigenvalue weighted by Gasteiger charge is 2.60.